The van der Waals surface area contributed by atoms with Crippen LogP contribution in [0.2, 0.25) is 0 Å². The summed E-state index contributed by atoms with van der Waals surface area (Å²) >= 11 is 3.40. The van der Waals surface area contributed by atoms with Gasteiger partial charge in [0.15, 0.2) is 5.13 Å². The number of aryl methyl sites for hydroxylation is 2. The molecule has 25 heavy (non-hydrogen) atoms. The van der Waals surface area contributed by atoms with E-state index in [0.717, 1.165) is 35.3 Å². The summed E-state index contributed by atoms with van der Waals surface area (Å²) in [6.45, 7) is 6.23. The molecule has 3 aromatic heterocycles. The van der Waals surface area contributed by atoms with Crippen molar-refractivity contribution in [2.75, 3.05) is 11.9 Å². The Morgan fingerprint density at radius 3 is 2.92 bits per heavy atom. The molecule has 1 N–H and O–H groups in total. The van der Waals surface area contributed by atoms with Gasteiger partial charge in [-0.05, 0) is 44.9 Å². The zero-order valence-corrected chi connectivity index (χ0v) is 16.0. The summed E-state index contributed by atoms with van der Waals surface area (Å²) in [6, 6.07) is 4.45. The van der Waals surface area contributed by atoms with E-state index in [1.165, 1.54) is 23.4 Å². The molecule has 4 heterocycles. The van der Waals surface area contributed by atoms with Gasteiger partial charge in [-0.25, -0.2) is 15.0 Å². The van der Waals surface area contributed by atoms with E-state index in [1.54, 1.807) is 22.7 Å². The van der Waals surface area contributed by atoms with Crippen molar-refractivity contribution in [3.8, 4) is 0 Å². The van der Waals surface area contributed by atoms with Crippen molar-refractivity contribution in [1.29, 1.82) is 0 Å². The van der Waals surface area contributed by atoms with Crippen molar-refractivity contribution in [1.82, 2.24) is 19.9 Å². The Labute approximate surface area is 155 Å². The van der Waals surface area contributed by atoms with Gasteiger partial charge in [-0.3, -0.25) is 4.90 Å². The molecule has 130 valence electrons. The Hall–Kier alpha value is -1.83. The smallest absolute Gasteiger partial charge is 0.188 e. The number of hydrogen-bond donors (Lipinski definition) is 1. The van der Waals surface area contributed by atoms with Gasteiger partial charge in [0, 0.05) is 23.0 Å². The van der Waals surface area contributed by atoms with Crippen LogP contribution in [0.3, 0.4) is 0 Å². The molecule has 1 aliphatic heterocycles. The minimum atomic E-state index is 0.402. The first-order valence-corrected chi connectivity index (χ1v) is 10.2. The van der Waals surface area contributed by atoms with Crippen LogP contribution in [0, 0.1) is 13.8 Å². The monoisotopic (exact) mass is 371 g/mol. The number of nitrogens with zero attached hydrogens (tertiary/aromatic N) is 4. The summed E-state index contributed by atoms with van der Waals surface area (Å²) in [7, 11) is 0. The molecule has 5 nitrogen and oxygen atoms in total. The Bertz CT molecular complexity index is 839. The fraction of sp³-hybridized carbons (Fsp3) is 0.389. The molecule has 0 spiro atoms. The molecule has 0 aromatic carbocycles. The van der Waals surface area contributed by atoms with Gasteiger partial charge in [0.05, 0.1) is 22.9 Å². The van der Waals surface area contributed by atoms with Crippen molar-refractivity contribution in [3.63, 3.8) is 0 Å². The van der Waals surface area contributed by atoms with Crippen LogP contribution in [0.4, 0.5) is 10.9 Å². The third-order valence-corrected chi connectivity index (χ3v) is 6.26. The molecule has 4 rings (SSSR count). The van der Waals surface area contributed by atoms with Gasteiger partial charge in [0.25, 0.3) is 0 Å². The molecule has 0 aliphatic carbocycles. The highest BCUT2D eigenvalue weighted by molar-refractivity contribution is 7.13. The lowest BCUT2D eigenvalue weighted by Gasteiger charge is -2.22. The first-order chi connectivity index (χ1) is 12.2. The van der Waals surface area contributed by atoms with Gasteiger partial charge in [0.2, 0.25) is 0 Å². The number of anilines is 2. The highest BCUT2D eigenvalue weighted by Crippen LogP contribution is 2.35. The maximum atomic E-state index is 4.83. The van der Waals surface area contributed by atoms with Crippen LogP contribution in [0.5, 0.6) is 0 Å². The second-order valence-electron chi connectivity index (χ2n) is 6.41. The highest BCUT2D eigenvalue weighted by Gasteiger charge is 2.28. The lowest BCUT2D eigenvalue weighted by molar-refractivity contribution is 0.247. The van der Waals surface area contributed by atoms with Crippen LogP contribution in [-0.2, 0) is 6.54 Å². The van der Waals surface area contributed by atoms with Gasteiger partial charge in [-0.2, -0.15) is 0 Å². The summed E-state index contributed by atoms with van der Waals surface area (Å²) in [5.74, 6) is 0.843. The van der Waals surface area contributed by atoms with E-state index in [1.807, 2.05) is 24.7 Å². The highest BCUT2D eigenvalue weighted by atomic mass is 32.1. The lowest BCUT2D eigenvalue weighted by Crippen LogP contribution is -2.22. The molecule has 0 bridgehead atoms. The van der Waals surface area contributed by atoms with E-state index < -0.39 is 0 Å². The van der Waals surface area contributed by atoms with Crippen LogP contribution in [0.15, 0.2) is 29.2 Å². The van der Waals surface area contributed by atoms with Crippen LogP contribution in [0.1, 0.15) is 40.7 Å². The SMILES string of the molecule is Cc1ccc(Nc2nc(C3CCCN3Cc3scnc3C)cs2)nc1. The van der Waals surface area contributed by atoms with Crippen molar-refractivity contribution in [2.45, 2.75) is 39.3 Å². The first kappa shape index (κ1) is 16.6. The second kappa shape index (κ2) is 7.19. The van der Waals surface area contributed by atoms with Crippen LogP contribution in [0.25, 0.3) is 0 Å². The number of pyridine rings is 1. The standard InChI is InChI=1S/C18H21N5S2/c1-12-5-6-17(19-8-12)22-18-21-14(10-24-18)15-4-3-7-23(15)9-16-13(2)20-11-25-16/h5-6,8,10-11,15H,3-4,7,9H2,1-2H3,(H,19,21,22). The molecular formula is C18H21N5S2. The topological polar surface area (TPSA) is 53.9 Å². The Balaban J connectivity index is 1.47. The zero-order chi connectivity index (χ0) is 17.2. The van der Waals surface area contributed by atoms with E-state index >= 15 is 0 Å². The molecule has 1 saturated heterocycles. The molecule has 0 saturated carbocycles. The van der Waals surface area contributed by atoms with Crippen LogP contribution < -0.4 is 5.32 Å². The Kier molecular flexibility index (Phi) is 4.78. The van der Waals surface area contributed by atoms with Gasteiger partial charge in [0.1, 0.15) is 5.82 Å². The van der Waals surface area contributed by atoms with Crippen LogP contribution >= 0.6 is 22.7 Å². The molecule has 1 unspecified atom stereocenters. The Morgan fingerprint density at radius 2 is 2.16 bits per heavy atom. The third kappa shape index (κ3) is 3.73. The van der Waals surface area contributed by atoms with Crippen molar-refractivity contribution < 1.29 is 0 Å². The summed E-state index contributed by atoms with van der Waals surface area (Å²) in [5.41, 5.74) is 5.42. The molecule has 3 aromatic rings. The molecule has 0 amide bonds. The number of nitrogens with one attached hydrogen (secondary N) is 1. The third-order valence-electron chi connectivity index (χ3n) is 4.56. The summed E-state index contributed by atoms with van der Waals surface area (Å²) in [5, 5.41) is 6.40. The fourth-order valence-electron chi connectivity index (χ4n) is 3.16. The molecular weight excluding hydrogens is 350 g/mol. The average Bonchev–Trinajstić information content (AvgIpc) is 3.33. The number of likely N-dealkylation sites (tertiary alicyclic amines) is 1. The van der Waals surface area contributed by atoms with E-state index in [2.05, 4.69) is 38.6 Å². The van der Waals surface area contributed by atoms with Gasteiger partial charge in [-0.1, -0.05) is 6.07 Å². The van der Waals surface area contributed by atoms with Crippen molar-refractivity contribution >= 4 is 33.6 Å². The van der Waals surface area contributed by atoms with E-state index in [9.17, 15) is 0 Å². The summed E-state index contributed by atoms with van der Waals surface area (Å²) in [4.78, 5) is 17.5. The van der Waals surface area contributed by atoms with Gasteiger partial charge < -0.3 is 5.32 Å². The fourth-order valence-corrected chi connectivity index (χ4v) is 4.73. The van der Waals surface area contributed by atoms with E-state index in [-0.39, 0.29) is 0 Å². The molecule has 1 atom stereocenters. The van der Waals surface area contributed by atoms with Crippen molar-refractivity contribution in [3.05, 3.63) is 51.0 Å². The minimum Gasteiger partial charge on any atom is -0.316 e. The molecule has 7 heteroatoms. The first-order valence-electron chi connectivity index (χ1n) is 8.47. The normalized spacial score (nSPS) is 17.9. The molecule has 0 radical (unpaired) electrons. The summed E-state index contributed by atoms with van der Waals surface area (Å²) < 4.78 is 0. The predicted octanol–water partition coefficient (Wildman–Crippen LogP) is 4.69. The maximum Gasteiger partial charge on any atom is 0.188 e. The minimum absolute atomic E-state index is 0.402. The maximum absolute atomic E-state index is 4.83. The number of rotatable bonds is 5. The van der Waals surface area contributed by atoms with E-state index in [0.29, 0.717) is 6.04 Å². The quantitative estimate of drug-likeness (QED) is 0.705. The van der Waals surface area contributed by atoms with Crippen LogP contribution in [-0.4, -0.2) is 26.4 Å². The summed E-state index contributed by atoms with van der Waals surface area (Å²) in [6.07, 6.45) is 4.26. The second-order valence-corrected chi connectivity index (χ2v) is 8.21. The predicted molar refractivity (Wildman–Crippen MR) is 104 cm³/mol. The number of aromatic nitrogens is 3. The molecule has 1 fully saturated rings. The number of hydrogen-bond acceptors (Lipinski definition) is 7. The largest absolute Gasteiger partial charge is 0.316 e. The number of thiazole rings is 2. The van der Waals surface area contributed by atoms with Gasteiger partial charge in [-0.15, -0.1) is 22.7 Å². The zero-order valence-electron chi connectivity index (χ0n) is 14.4. The average molecular weight is 372 g/mol. The lowest BCUT2D eigenvalue weighted by atomic mass is 10.1. The van der Waals surface area contributed by atoms with Crippen molar-refractivity contribution in [2.24, 2.45) is 0 Å². The van der Waals surface area contributed by atoms with E-state index in [4.69, 9.17) is 4.98 Å². The Morgan fingerprint density at radius 1 is 1.24 bits per heavy atom. The van der Waals surface area contributed by atoms with Gasteiger partial charge >= 0.3 is 0 Å². The molecule has 1 aliphatic rings.